The molecule has 0 atom stereocenters. The van der Waals surface area contributed by atoms with E-state index in [1.807, 2.05) is 0 Å². The van der Waals surface area contributed by atoms with E-state index in [-0.39, 0.29) is 41.5 Å². The number of ether oxygens (including phenoxy) is 1. The van der Waals surface area contributed by atoms with Gasteiger partial charge in [0.25, 0.3) is 11.8 Å². The van der Waals surface area contributed by atoms with Gasteiger partial charge in [0, 0.05) is 0 Å². The minimum atomic E-state index is -0.581. The molecule has 1 aliphatic rings. The van der Waals surface area contributed by atoms with E-state index in [1.165, 1.54) is 0 Å². The van der Waals surface area contributed by atoms with Gasteiger partial charge in [-0.25, -0.2) is 9.78 Å². The summed E-state index contributed by atoms with van der Waals surface area (Å²) in [6.07, 6.45) is 0. The number of amides is 2. The second-order valence-electron chi connectivity index (χ2n) is 6.20. The molecule has 142 valence electrons. The van der Waals surface area contributed by atoms with E-state index in [2.05, 4.69) is 9.97 Å². The fourth-order valence-corrected chi connectivity index (χ4v) is 3.23. The molecule has 0 unspecified atom stereocenters. The number of aryl methyl sites for hydroxylation is 1. The average molecular weight is 380 g/mol. The van der Waals surface area contributed by atoms with Gasteiger partial charge in [-0.05, 0) is 26.0 Å². The van der Waals surface area contributed by atoms with E-state index in [9.17, 15) is 14.4 Å². The lowest BCUT2D eigenvalue weighted by Gasteiger charge is -2.12. The molecule has 4 rings (SSSR count). The SMILES string of the molecule is CCOC(=O)c1c(C)oc2nc(CN3C(=O)c4ccccc4C3=O)nc(N)c12. The highest BCUT2D eigenvalue weighted by Crippen LogP contribution is 2.30. The maximum Gasteiger partial charge on any atom is 0.342 e. The lowest BCUT2D eigenvalue weighted by Crippen LogP contribution is -2.30. The zero-order chi connectivity index (χ0) is 20.0. The number of rotatable bonds is 4. The van der Waals surface area contributed by atoms with Crippen molar-refractivity contribution in [3.63, 3.8) is 0 Å². The molecular formula is C19H16N4O5. The minimum absolute atomic E-state index is 0.0107. The van der Waals surface area contributed by atoms with Crippen molar-refractivity contribution in [3.05, 3.63) is 52.5 Å². The molecule has 3 heterocycles. The van der Waals surface area contributed by atoms with Gasteiger partial charge < -0.3 is 14.9 Å². The van der Waals surface area contributed by atoms with Gasteiger partial charge in [-0.2, -0.15) is 4.98 Å². The fourth-order valence-electron chi connectivity index (χ4n) is 3.23. The molecule has 3 aromatic rings. The Balaban J connectivity index is 1.71. The maximum atomic E-state index is 12.5. The highest BCUT2D eigenvalue weighted by atomic mass is 16.5. The number of aromatic nitrogens is 2. The van der Waals surface area contributed by atoms with Crippen LogP contribution in [0.3, 0.4) is 0 Å². The van der Waals surface area contributed by atoms with Crippen molar-refractivity contribution in [1.82, 2.24) is 14.9 Å². The number of benzene rings is 1. The first-order valence-corrected chi connectivity index (χ1v) is 8.60. The summed E-state index contributed by atoms with van der Waals surface area (Å²) in [4.78, 5) is 46.7. The fraction of sp³-hybridized carbons (Fsp3) is 0.211. The van der Waals surface area contributed by atoms with Crippen LogP contribution in [0.15, 0.2) is 28.7 Å². The standard InChI is InChI=1S/C19H16N4O5/c1-3-27-19(26)13-9(2)28-16-14(13)15(20)21-12(22-16)8-23-17(24)10-6-4-5-7-11(10)18(23)25/h4-7H,3,8H2,1-2H3,(H2,20,21,22). The Morgan fingerprint density at radius 2 is 1.82 bits per heavy atom. The van der Waals surface area contributed by atoms with E-state index < -0.39 is 17.8 Å². The molecule has 28 heavy (non-hydrogen) atoms. The summed E-state index contributed by atoms with van der Waals surface area (Å²) in [5.41, 5.74) is 6.96. The van der Waals surface area contributed by atoms with Crippen LogP contribution >= 0.6 is 0 Å². The summed E-state index contributed by atoms with van der Waals surface area (Å²) in [7, 11) is 0. The number of esters is 1. The first-order valence-electron chi connectivity index (χ1n) is 8.60. The summed E-state index contributed by atoms with van der Waals surface area (Å²) >= 11 is 0. The molecule has 0 saturated carbocycles. The molecule has 0 fully saturated rings. The predicted octanol–water partition coefficient (Wildman–Crippen LogP) is 2.09. The maximum absolute atomic E-state index is 12.5. The molecule has 1 aliphatic heterocycles. The number of nitrogens with two attached hydrogens (primary N) is 1. The van der Waals surface area contributed by atoms with Crippen molar-refractivity contribution in [2.75, 3.05) is 12.3 Å². The Morgan fingerprint density at radius 3 is 2.43 bits per heavy atom. The average Bonchev–Trinajstić information content (AvgIpc) is 3.12. The van der Waals surface area contributed by atoms with Gasteiger partial charge in [0.1, 0.15) is 17.1 Å². The molecule has 2 amide bonds. The smallest absolute Gasteiger partial charge is 0.342 e. The van der Waals surface area contributed by atoms with Crippen LogP contribution in [0.2, 0.25) is 0 Å². The number of nitrogens with zero attached hydrogens (tertiary/aromatic N) is 3. The molecule has 0 aliphatic carbocycles. The van der Waals surface area contributed by atoms with Crippen LogP contribution in [0.5, 0.6) is 0 Å². The second kappa shape index (κ2) is 6.45. The number of nitrogen functional groups attached to an aromatic ring is 1. The molecule has 1 aromatic carbocycles. The zero-order valence-corrected chi connectivity index (χ0v) is 15.2. The molecule has 9 heteroatoms. The van der Waals surface area contributed by atoms with Gasteiger partial charge >= 0.3 is 5.97 Å². The van der Waals surface area contributed by atoms with E-state index in [1.54, 1.807) is 38.1 Å². The Bertz CT molecular complexity index is 1120. The quantitative estimate of drug-likeness (QED) is 0.538. The summed E-state index contributed by atoms with van der Waals surface area (Å²) in [5, 5.41) is 0.252. The van der Waals surface area contributed by atoms with Crippen LogP contribution in [0.25, 0.3) is 11.1 Å². The molecule has 2 aromatic heterocycles. The highest BCUT2D eigenvalue weighted by Gasteiger charge is 2.36. The lowest BCUT2D eigenvalue weighted by molar-refractivity contribution is 0.0525. The number of fused-ring (bicyclic) bond motifs is 2. The van der Waals surface area contributed by atoms with E-state index in [0.717, 1.165) is 4.90 Å². The summed E-state index contributed by atoms with van der Waals surface area (Å²) < 4.78 is 10.6. The Kier molecular flexibility index (Phi) is 4.07. The predicted molar refractivity (Wildman–Crippen MR) is 97.6 cm³/mol. The van der Waals surface area contributed by atoms with Crippen LogP contribution in [-0.4, -0.2) is 39.3 Å². The Hall–Kier alpha value is -3.75. The molecular weight excluding hydrogens is 364 g/mol. The van der Waals surface area contributed by atoms with Crippen molar-refractivity contribution in [3.8, 4) is 0 Å². The normalized spacial score (nSPS) is 13.3. The molecule has 2 N–H and O–H groups in total. The summed E-state index contributed by atoms with van der Waals surface area (Å²) in [6, 6.07) is 6.57. The molecule has 0 spiro atoms. The number of anilines is 1. The van der Waals surface area contributed by atoms with Crippen molar-refractivity contribution < 1.29 is 23.5 Å². The number of furan rings is 1. The molecule has 0 saturated heterocycles. The van der Waals surface area contributed by atoms with Crippen molar-refractivity contribution in [1.29, 1.82) is 0 Å². The van der Waals surface area contributed by atoms with Crippen LogP contribution in [-0.2, 0) is 11.3 Å². The van der Waals surface area contributed by atoms with Crippen LogP contribution < -0.4 is 5.73 Å². The first kappa shape index (κ1) is 17.7. The summed E-state index contributed by atoms with van der Waals surface area (Å²) in [5.74, 6) is -0.994. The molecule has 0 radical (unpaired) electrons. The number of carbonyl (C=O) groups excluding carboxylic acids is 3. The van der Waals surface area contributed by atoms with Crippen molar-refractivity contribution in [2.45, 2.75) is 20.4 Å². The monoisotopic (exact) mass is 380 g/mol. The van der Waals surface area contributed by atoms with Crippen LogP contribution in [0, 0.1) is 6.92 Å². The van der Waals surface area contributed by atoms with Gasteiger partial charge in [0.2, 0.25) is 5.71 Å². The van der Waals surface area contributed by atoms with E-state index in [0.29, 0.717) is 16.9 Å². The molecule has 0 bridgehead atoms. The zero-order valence-electron chi connectivity index (χ0n) is 15.2. The third-order valence-corrected chi connectivity index (χ3v) is 4.46. The second-order valence-corrected chi connectivity index (χ2v) is 6.20. The summed E-state index contributed by atoms with van der Waals surface area (Å²) in [6.45, 7) is 3.32. The van der Waals surface area contributed by atoms with Gasteiger partial charge in [0.05, 0.1) is 29.7 Å². The molecule has 9 nitrogen and oxygen atoms in total. The number of hydrogen-bond donors (Lipinski definition) is 1. The van der Waals surface area contributed by atoms with E-state index >= 15 is 0 Å². The Labute approximate surface area is 159 Å². The largest absolute Gasteiger partial charge is 0.462 e. The third kappa shape index (κ3) is 2.59. The first-order chi connectivity index (χ1) is 13.4. The topological polar surface area (TPSA) is 129 Å². The number of hydrogen-bond acceptors (Lipinski definition) is 8. The van der Waals surface area contributed by atoms with Crippen LogP contribution in [0.4, 0.5) is 5.82 Å². The van der Waals surface area contributed by atoms with E-state index in [4.69, 9.17) is 14.9 Å². The van der Waals surface area contributed by atoms with Gasteiger partial charge in [-0.3, -0.25) is 14.5 Å². The lowest BCUT2D eigenvalue weighted by atomic mass is 10.1. The van der Waals surface area contributed by atoms with Crippen molar-refractivity contribution in [2.24, 2.45) is 0 Å². The van der Waals surface area contributed by atoms with Gasteiger partial charge in [-0.1, -0.05) is 12.1 Å². The van der Waals surface area contributed by atoms with Crippen molar-refractivity contribution >= 4 is 34.7 Å². The number of imide groups is 1. The highest BCUT2D eigenvalue weighted by molar-refractivity contribution is 6.21. The van der Waals surface area contributed by atoms with Crippen LogP contribution in [0.1, 0.15) is 49.6 Å². The Morgan fingerprint density at radius 1 is 1.18 bits per heavy atom. The minimum Gasteiger partial charge on any atom is -0.462 e. The number of carbonyl (C=O) groups is 3. The van der Waals surface area contributed by atoms with Gasteiger partial charge in [-0.15, -0.1) is 0 Å². The van der Waals surface area contributed by atoms with Gasteiger partial charge in [0.15, 0.2) is 5.82 Å². The third-order valence-electron chi connectivity index (χ3n) is 4.46.